The summed E-state index contributed by atoms with van der Waals surface area (Å²) in [4.78, 5) is 0. The minimum Gasteiger partial charge on any atom is -0.482 e. The molecule has 4 aliphatic rings. The van der Waals surface area contributed by atoms with E-state index >= 15 is 0 Å². The molecule has 4 unspecified atom stereocenters. The van der Waals surface area contributed by atoms with Crippen molar-refractivity contribution in [1.82, 2.24) is 0 Å². The maximum atomic E-state index is 7.04. The van der Waals surface area contributed by atoms with Gasteiger partial charge >= 0.3 is 0 Å². The van der Waals surface area contributed by atoms with Crippen molar-refractivity contribution in [1.29, 1.82) is 0 Å². The molecular weight excluding hydrogens is 316 g/mol. The SMILES string of the molecule is C1=CC2(Oc3ccc4ccccc4c31)C1CCCCC1C1CCCCC12. The van der Waals surface area contributed by atoms with E-state index in [1.807, 2.05) is 0 Å². The van der Waals surface area contributed by atoms with Crippen LogP contribution >= 0.6 is 0 Å². The molecule has 134 valence electrons. The molecule has 6 rings (SSSR count). The van der Waals surface area contributed by atoms with Gasteiger partial charge in [0.1, 0.15) is 11.4 Å². The predicted molar refractivity (Wildman–Crippen MR) is 107 cm³/mol. The fourth-order valence-electron chi connectivity index (χ4n) is 7.11. The summed E-state index contributed by atoms with van der Waals surface area (Å²) in [5.41, 5.74) is 1.27. The van der Waals surface area contributed by atoms with E-state index in [4.69, 9.17) is 4.74 Å². The second-order valence-electron chi connectivity index (χ2n) is 9.10. The zero-order valence-electron chi connectivity index (χ0n) is 15.5. The van der Waals surface area contributed by atoms with Gasteiger partial charge in [-0.15, -0.1) is 0 Å². The molecule has 1 aliphatic heterocycles. The number of ether oxygens (including phenoxy) is 1. The molecule has 3 fully saturated rings. The summed E-state index contributed by atoms with van der Waals surface area (Å²) < 4.78 is 7.04. The second kappa shape index (κ2) is 5.62. The Morgan fingerprint density at radius 3 is 2.23 bits per heavy atom. The van der Waals surface area contributed by atoms with E-state index in [1.165, 1.54) is 67.7 Å². The van der Waals surface area contributed by atoms with E-state index in [2.05, 4.69) is 48.6 Å². The average Bonchev–Trinajstić information content (AvgIpc) is 2.98. The Labute approximate surface area is 156 Å². The van der Waals surface area contributed by atoms with E-state index in [1.54, 1.807) is 0 Å². The van der Waals surface area contributed by atoms with Crippen LogP contribution in [0.25, 0.3) is 16.8 Å². The fraction of sp³-hybridized carbons (Fsp3) is 0.520. The quantitative estimate of drug-likeness (QED) is 0.522. The molecule has 4 atom stereocenters. The Kier molecular flexibility index (Phi) is 3.31. The zero-order valence-corrected chi connectivity index (χ0v) is 15.5. The molecule has 1 heterocycles. The molecule has 0 radical (unpaired) electrons. The largest absolute Gasteiger partial charge is 0.482 e. The highest BCUT2D eigenvalue weighted by Crippen LogP contribution is 2.62. The average molecular weight is 344 g/mol. The van der Waals surface area contributed by atoms with Crippen molar-refractivity contribution in [3.63, 3.8) is 0 Å². The van der Waals surface area contributed by atoms with Gasteiger partial charge in [-0.25, -0.2) is 0 Å². The van der Waals surface area contributed by atoms with Gasteiger partial charge in [-0.3, -0.25) is 0 Å². The Hall–Kier alpha value is -1.76. The van der Waals surface area contributed by atoms with Crippen LogP contribution in [0.1, 0.15) is 56.9 Å². The van der Waals surface area contributed by atoms with Crippen molar-refractivity contribution in [2.45, 2.75) is 57.0 Å². The van der Waals surface area contributed by atoms with Crippen molar-refractivity contribution < 1.29 is 4.74 Å². The summed E-state index contributed by atoms with van der Waals surface area (Å²) in [6.45, 7) is 0. The Morgan fingerprint density at radius 1 is 0.769 bits per heavy atom. The van der Waals surface area contributed by atoms with Gasteiger partial charge in [-0.1, -0.05) is 62.1 Å². The van der Waals surface area contributed by atoms with Gasteiger partial charge in [0.25, 0.3) is 0 Å². The minimum absolute atomic E-state index is 0.0222. The fourth-order valence-corrected chi connectivity index (χ4v) is 7.11. The maximum absolute atomic E-state index is 7.04. The molecule has 1 nitrogen and oxygen atoms in total. The van der Waals surface area contributed by atoms with Gasteiger partial charge in [0.2, 0.25) is 0 Å². The van der Waals surface area contributed by atoms with Crippen molar-refractivity contribution in [3.05, 3.63) is 48.0 Å². The lowest BCUT2D eigenvalue weighted by molar-refractivity contribution is 0.00753. The third-order valence-corrected chi connectivity index (χ3v) is 8.08. The molecular formula is C25H28O. The Morgan fingerprint density at radius 2 is 1.46 bits per heavy atom. The highest BCUT2D eigenvalue weighted by atomic mass is 16.5. The van der Waals surface area contributed by atoms with Crippen LogP contribution in [0.5, 0.6) is 5.75 Å². The first-order chi connectivity index (χ1) is 12.9. The van der Waals surface area contributed by atoms with Gasteiger partial charge in [0.05, 0.1) is 0 Å². The monoisotopic (exact) mass is 344 g/mol. The second-order valence-corrected chi connectivity index (χ2v) is 9.10. The number of hydrogen-bond donors (Lipinski definition) is 0. The van der Waals surface area contributed by atoms with Crippen molar-refractivity contribution in [3.8, 4) is 5.75 Å². The van der Waals surface area contributed by atoms with Crippen molar-refractivity contribution >= 4 is 16.8 Å². The first-order valence-electron chi connectivity index (χ1n) is 10.8. The van der Waals surface area contributed by atoms with Crippen molar-refractivity contribution in [2.24, 2.45) is 23.7 Å². The van der Waals surface area contributed by atoms with E-state index < -0.39 is 0 Å². The first-order valence-corrected chi connectivity index (χ1v) is 10.8. The van der Waals surface area contributed by atoms with Gasteiger partial charge in [0, 0.05) is 17.4 Å². The van der Waals surface area contributed by atoms with Crippen LogP contribution in [0.3, 0.4) is 0 Å². The minimum atomic E-state index is -0.0222. The molecule has 0 aromatic heterocycles. The van der Waals surface area contributed by atoms with Crippen LogP contribution in [0, 0.1) is 23.7 Å². The molecule has 0 bridgehead atoms. The van der Waals surface area contributed by atoms with Crippen LogP contribution < -0.4 is 4.74 Å². The van der Waals surface area contributed by atoms with E-state index in [-0.39, 0.29) is 5.60 Å². The van der Waals surface area contributed by atoms with Crippen molar-refractivity contribution in [2.75, 3.05) is 0 Å². The van der Waals surface area contributed by atoms with Gasteiger partial charge in [-0.2, -0.15) is 0 Å². The zero-order chi connectivity index (χ0) is 17.1. The van der Waals surface area contributed by atoms with E-state index in [0.717, 1.165) is 29.4 Å². The lowest BCUT2D eigenvalue weighted by Crippen LogP contribution is -2.47. The lowest BCUT2D eigenvalue weighted by atomic mass is 9.73. The smallest absolute Gasteiger partial charge is 0.134 e. The normalized spacial score (nSPS) is 37.8. The highest BCUT2D eigenvalue weighted by Gasteiger charge is 2.61. The standard InChI is InChI=1S/C25H28O/c1-2-8-18-17(7-1)13-14-24-21(18)15-16-25(26-24)22-11-5-3-9-19(22)20-10-4-6-12-23(20)25/h1-2,7-8,13-16,19-20,22-23H,3-6,9-12H2. The summed E-state index contributed by atoms with van der Waals surface area (Å²) >= 11 is 0. The maximum Gasteiger partial charge on any atom is 0.134 e. The lowest BCUT2D eigenvalue weighted by Gasteiger charge is -2.43. The topological polar surface area (TPSA) is 9.23 Å². The van der Waals surface area contributed by atoms with Crippen LogP contribution in [0.2, 0.25) is 0 Å². The Balaban J connectivity index is 1.49. The van der Waals surface area contributed by atoms with E-state index in [9.17, 15) is 0 Å². The number of hydrogen-bond acceptors (Lipinski definition) is 1. The molecule has 3 saturated carbocycles. The molecule has 2 aromatic rings. The summed E-state index contributed by atoms with van der Waals surface area (Å²) in [5.74, 6) is 4.41. The Bertz CT molecular complexity index is 857. The van der Waals surface area contributed by atoms with Gasteiger partial charge in [0.15, 0.2) is 0 Å². The third-order valence-electron chi connectivity index (χ3n) is 8.08. The molecule has 3 aliphatic carbocycles. The van der Waals surface area contributed by atoms with E-state index in [0.29, 0.717) is 0 Å². The number of fused-ring (bicyclic) bond motifs is 8. The molecule has 0 saturated heterocycles. The summed E-state index contributed by atoms with van der Waals surface area (Å²) in [6.07, 6.45) is 16.2. The molecule has 0 amide bonds. The number of rotatable bonds is 0. The highest BCUT2D eigenvalue weighted by molar-refractivity contribution is 5.93. The predicted octanol–water partition coefficient (Wildman–Crippen LogP) is 6.61. The third kappa shape index (κ3) is 1.98. The first kappa shape index (κ1) is 15.3. The molecule has 26 heavy (non-hydrogen) atoms. The molecule has 2 aromatic carbocycles. The van der Waals surface area contributed by atoms with Gasteiger partial charge in [-0.05, 0) is 60.4 Å². The van der Waals surface area contributed by atoms with Crippen LogP contribution in [-0.2, 0) is 0 Å². The summed E-state index contributed by atoms with van der Waals surface area (Å²) in [6, 6.07) is 13.2. The van der Waals surface area contributed by atoms with Crippen LogP contribution in [0.15, 0.2) is 42.5 Å². The van der Waals surface area contributed by atoms with Crippen LogP contribution in [0.4, 0.5) is 0 Å². The number of benzene rings is 2. The molecule has 0 N–H and O–H groups in total. The summed E-state index contributed by atoms with van der Waals surface area (Å²) in [5, 5.41) is 2.64. The summed E-state index contributed by atoms with van der Waals surface area (Å²) in [7, 11) is 0. The van der Waals surface area contributed by atoms with Gasteiger partial charge < -0.3 is 4.74 Å². The molecule has 1 spiro atoms. The van der Waals surface area contributed by atoms with Crippen LogP contribution in [-0.4, -0.2) is 5.60 Å². The molecule has 1 heteroatoms.